The van der Waals surface area contributed by atoms with Crippen molar-refractivity contribution in [1.82, 2.24) is 14.9 Å². The molecule has 0 aliphatic carbocycles. The van der Waals surface area contributed by atoms with Crippen molar-refractivity contribution < 1.29 is 13.9 Å². The van der Waals surface area contributed by atoms with E-state index in [1.54, 1.807) is 6.26 Å². The summed E-state index contributed by atoms with van der Waals surface area (Å²) in [4.78, 5) is 23.9. The first-order chi connectivity index (χ1) is 13.0. The highest BCUT2D eigenvalue weighted by molar-refractivity contribution is 5.78. The van der Waals surface area contributed by atoms with E-state index in [1.165, 1.54) is 0 Å². The Morgan fingerprint density at radius 1 is 1.41 bits per heavy atom. The van der Waals surface area contributed by atoms with E-state index in [0.29, 0.717) is 32.3 Å². The fraction of sp³-hybridized carbons (Fsp3) is 0.550. The largest absolute Gasteiger partial charge is 0.467 e. The van der Waals surface area contributed by atoms with Gasteiger partial charge in [-0.15, -0.1) is 0 Å². The maximum atomic E-state index is 12.5. The third-order valence-corrected chi connectivity index (χ3v) is 5.50. The molecular weight excluding hydrogens is 344 g/mol. The lowest BCUT2D eigenvalue weighted by Crippen LogP contribution is -2.42. The van der Waals surface area contributed by atoms with Gasteiger partial charge in [-0.2, -0.15) is 0 Å². The molecule has 2 aromatic heterocycles. The Balaban J connectivity index is 1.62. The number of furan rings is 1. The minimum atomic E-state index is -0.243. The number of nitrogens with one attached hydrogen (secondary N) is 1. The van der Waals surface area contributed by atoms with Gasteiger partial charge in [0.25, 0.3) is 0 Å². The van der Waals surface area contributed by atoms with Gasteiger partial charge in [0.2, 0.25) is 11.9 Å². The lowest BCUT2D eigenvalue weighted by atomic mass is 9.80. The molecule has 0 aromatic carbocycles. The molecule has 144 valence electrons. The molecular formula is C20H26N4O3. The van der Waals surface area contributed by atoms with E-state index in [-0.39, 0.29) is 17.2 Å². The minimum Gasteiger partial charge on any atom is -0.467 e. The molecule has 0 saturated carbocycles. The Hall–Kier alpha value is -2.41. The molecule has 1 saturated heterocycles. The smallest absolute Gasteiger partial charge is 0.225 e. The van der Waals surface area contributed by atoms with E-state index in [4.69, 9.17) is 14.1 Å². The van der Waals surface area contributed by atoms with Crippen molar-refractivity contribution in [3.8, 4) is 0 Å². The molecule has 27 heavy (non-hydrogen) atoms. The number of aryl methyl sites for hydroxylation is 1. The normalized spacial score (nSPS) is 21.7. The summed E-state index contributed by atoms with van der Waals surface area (Å²) in [5.74, 6) is 1.63. The first-order valence-corrected chi connectivity index (χ1v) is 9.49. The van der Waals surface area contributed by atoms with Crippen molar-refractivity contribution in [1.29, 1.82) is 0 Å². The van der Waals surface area contributed by atoms with E-state index in [9.17, 15) is 4.79 Å². The molecule has 0 bridgehead atoms. The number of hydrogen-bond donors (Lipinski definition) is 1. The van der Waals surface area contributed by atoms with Crippen LogP contribution in [0, 0.1) is 12.8 Å². The molecule has 1 atom stereocenters. The number of likely N-dealkylation sites (tertiary alicyclic amines) is 1. The number of anilines is 1. The quantitative estimate of drug-likeness (QED) is 0.891. The molecule has 2 aliphatic heterocycles. The molecule has 7 heteroatoms. The summed E-state index contributed by atoms with van der Waals surface area (Å²) < 4.78 is 11.3. The second-order valence-electron chi connectivity index (χ2n) is 7.83. The Morgan fingerprint density at radius 3 is 3.00 bits per heavy atom. The average molecular weight is 370 g/mol. The van der Waals surface area contributed by atoms with Crippen molar-refractivity contribution in [3.63, 3.8) is 0 Å². The Bertz CT molecular complexity index is 834. The highest BCUT2D eigenvalue weighted by Gasteiger charge is 2.46. The van der Waals surface area contributed by atoms with Gasteiger partial charge in [-0.25, -0.2) is 9.97 Å². The number of rotatable bonds is 4. The van der Waals surface area contributed by atoms with Crippen molar-refractivity contribution in [2.45, 2.75) is 45.8 Å². The summed E-state index contributed by atoms with van der Waals surface area (Å²) in [6.45, 7) is 8.95. The first-order valence-electron chi connectivity index (χ1n) is 9.49. The predicted molar refractivity (Wildman–Crippen MR) is 100 cm³/mol. The fourth-order valence-electron chi connectivity index (χ4n) is 4.02. The van der Waals surface area contributed by atoms with Crippen molar-refractivity contribution in [2.75, 3.05) is 25.0 Å². The zero-order valence-corrected chi connectivity index (χ0v) is 16.1. The molecule has 1 fully saturated rings. The molecule has 4 rings (SSSR count). The maximum absolute atomic E-state index is 12.5. The number of aromatic nitrogens is 2. The third-order valence-electron chi connectivity index (χ3n) is 5.50. The van der Waals surface area contributed by atoms with Crippen LogP contribution in [0.15, 0.2) is 22.8 Å². The standard InChI is InChI=1S/C20H26N4O3/c1-13(2)18(25)24-7-6-20(11-24)12-26-10-16-14(3)22-19(23-17(16)20)21-9-15-5-4-8-27-15/h4-5,8,13H,6-7,9-12H2,1-3H3,(H,21,22,23). The van der Waals surface area contributed by atoms with Gasteiger partial charge in [0.15, 0.2) is 0 Å². The summed E-state index contributed by atoms with van der Waals surface area (Å²) in [7, 11) is 0. The predicted octanol–water partition coefficient (Wildman–Crippen LogP) is 2.65. The van der Waals surface area contributed by atoms with Gasteiger partial charge in [0.05, 0.1) is 37.1 Å². The summed E-state index contributed by atoms with van der Waals surface area (Å²) >= 11 is 0. The second-order valence-corrected chi connectivity index (χ2v) is 7.83. The van der Waals surface area contributed by atoms with E-state index < -0.39 is 0 Å². The number of amides is 1. The van der Waals surface area contributed by atoms with Crippen LogP contribution < -0.4 is 5.32 Å². The molecule has 4 heterocycles. The van der Waals surface area contributed by atoms with Crippen molar-refractivity contribution in [3.05, 3.63) is 41.1 Å². The molecule has 7 nitrogen and oxygen atoms in total. The summed E-state index contributed by atoms with van der Waals surface area (Å²) in [6, 6.07) is 3.78. The van der Waals surface area contributed by atoms with Gasteiger partial charge in [-0.05, 0) is 25.5 Å². The molecule has 0 radical (unpaired) electrons. The zero-order chi connectivity index (χ0) is 19.0. The van der Waals surface area contributed by atoms with Crippen LogP contribution in [-0.4, -0.2) is 40.5 Å². The number of ether oxygens (including phenoxy) is 1. The molecule has 2 aliphatic rings. The van der Waals surface area contributed by atoms with Gasteiger partial charge in [-0.3, -0.25) is 4.79 Å². The highest BCUT2D eigenvalue weighted by atomic mass is 16.5. The van der Waals surface area contributed by atoms with E-state index in [1.807, 2.05) is 37.8 Å². The molecule has 1 N–H and O–H groups in total. The topological polar surface area (TPSA) is 80.5 Å². The monoisotopic (exact) mass is 370 g/mol. The molecule has 2 aromatic rings. The SMILES string of the molecule is Cc1nc(NCc2ccco2)nc2c1COCC21CCN(C(=O)C(C)C)C1. The summed E-state index contributed by atoms with van der Waals surface area (Å²) in [6.07, 6.45) is 2.52. The van der Waals surface area contributed by atoms with Crippen LogP contribution >= 0.6 is 0 Å². The van der Waals surface area contributed by atoms with Gasteiger partial charge in [0.1, 0.15) is 5.76 Å². The lowest BCUT2D eigenvalue weighted by molar-refractivity contribution is -0.133. The fourth-order valence-corrected chi connectivity index (χ4v) is 4.02. The van der Waals surface area contributed by atoms with Gasteiger partial charge in [0, 0.05) is 30.3 Å². The number of carbonyl (C=O) groups excluding carboxylic acids is 1. The molecule has 1 unspecified atom stereocenters. The molecule has 1 spiro atoms. The van der Waals surface area contributed by atoms with Crippen LogP contribution in [0.1, 0.15) is 43.0 Å². The minimum absolute atomic E-state index is 0.00166. The maximum Gasteiger partial charge on any atom is 0.225 e. The van der Waals surface area contributed by atoms with Gasteiger partial charge in [-0.1, -0.05) is 13.8 Å². The van der Waals surface area contributed by atoms with Crippen LogP contribution in [0.2, 0.25) is 0 Å². The number of carbonyl (C=O) groups is 1. The van der Waals surface area contributed by atoms with Crippen LogP contribution in [0.25, 0.3) is 0 Å². The van der Waals surface area contributed by atoms with Crippen LogP contribution in [-0.2, 0) is 28.1 Å². The second kappa shape index (κ2) is 6.96. The van der Waals surface area contributed by atoms with Crippen molar-refractivity contribution >= 4 is 11.9 Å². The Morgan fingerprint density at radius 2 is 2.26 bits per heavy atom. The lowest BCUT2D eigenvalue weighted by Gasteiger charge is -2.35. The van der Waals surface area contributed by atoms with Crippen molar-refractivity contribution in [2.24, 2.45) is 5.92 Å². The van der Waals surface area contributed by atoms with E-state index >= 15 is 0 Å². The summed E-state index contributed by atoms with van der Waals surface area (Å²) in [5.41, 5.74) is 2.77. The molecule has 1 amide bonds. The van der Waals surface area contributed by atoms with Crippen LogP contribution in [0.4, 0.5) is 5.95 Å². The van der Waals surface area contributed by atoms with Gasteiger partial charge >= 0.3 is 0 Å². The van der Waals surface area contributed by atoms with E-state index in [2.05, 4.69) is 10.3 Å². The Labute approximate surface area is 159 Å². The number of hydrogen-bond acceptors (Lipinski definition) is 6. The number of nitrogens with zero attached hydrogens (tertiary/aromatic N) is 3. The Kier molecular flexibility index (Phi) is 4.63. The number of fused-ring (bicyclic) bond motifs is 2. The summed E-state index contributed by atoms with van der Waals surface area (Å²) in [5, 5.41) is 3.26. The first kappa shape index (κ1) is 18.0. The van der Waals surface area contributed by atoms with Crippen LogP contribution in [0.5, 0.6) is 0 Å². The zero-order valence-electron chi connectivity index (χ0n) is 16.1. The average Bonchev–Trinajstić information content (AvgIpc) is 3.31. The highest BCUT2D eigenvalue weighted by Crippen LogP contribution is 2.40. The third kappa shape index (κ3) is 3.32. The van der Waals surface area contributed by atoms with Crippen LogP contribution in [0.3, 0.4) is 0 Å². The van der Waals surface area contributed by atoms with Gasteiger partial charge < -0.3 is 19.4 Å². The van der Waals surface area contributed by atoms with E-state index in [0.717, 1.165) is 35.7 Å².